The lowest BCUT2D eigenvalue weighted by atomic mass is 10.1. The van der Waals surface area contributed by atoms with E-state index in [1.165, 1.54) is 39.0 Å². The fourth-order valence-electron chi connectivity index (χ4n) is 2.60. The monoisotopic (exact) mass is 212 g/mol. The van der Waals surface area contributed by atoms with Crippen molar-refractivity contribution < 1.29 is 4.74 Å². The van der Waals surface area contributed by atoms with Gasteiger partial charge in [0.15, 0.2) is 0 Å². The van der Waals surface area contributed by atoms with E-state index < -0.39 is 0 Å². The predicted molar refractivity (Wildman–Crippen MR) is 62.0 cm³/mol. The zero-order valence-electron chi connectivity index (χ0n) is 9.87. The van der Waals surface area contributed by atoms with E-state index in [0.29, 0.717) is 0 Å². The van der Waals surface area contributed by atoms with Gasteiger partial charge >= 0.3 is 0 Å². The Morgan fingerprint density at radius 3 is 2.80 bits per heavy atom. The second-order valence-corrected chi connectivity index (χ2v) is 4.94. The van der Waals surface area contributed by atoms with E-state index in [0.717, 1.165) is 31.6 Å². The highest BCUT2D eigenvalue weighted by Gasteiger charge is 2.21. The Bertz CT molecular complexity index is 180. The summed E-state index contributed by atoms with van der Waals surface area (Å²) in [5, 5.41) is 3.61. The van der Waals surface area contributed by atoms with Gasteiger partial charge in [0.05, 0.1) is 6.61 Å². The van der Waals surface area contributed by atoms with Crippen molar-refractivity contribution in [2.75, 3.05) is 45.9 Å². The molecule has 88 valence electrons. The molecule has 0 aromatic carbocycles. The Balaban J connectivity index is 1.54. The first kappa shape index (κ1) is 11.4. The molecule has 2 fully saturated rings. The van der Waals surface area contributed by atoms with Crippen molar-refractivity contribution in [3.05, 3.63) is 0 Å². The number of nitrogens with one attached hydrogen (secondary N) is 1. The summed E-state index contributed by atoms with van der Waals surface area (Å²) in [6.07, 6.45) is 2.63. The molecular weight excluding hydrogens is 188 g/mol. The first-order valence-corrected chi connectivity index (χ1v) is 6.39. The second-order valence-electron chi connectivity index (χ2n) is 4.94. The average molecular weight is 212 g/mol. The van der Waals surface area contributed by atoms with Crippen LogP contribution in [-0.4, -0.2) is 50.8 Å². The predicted octanol–water partition coefficient (Wildman–Crippen LogP) is 0.954. The van der Waals surface area contributed by atoms with Crippen LogP contribution in [0.3, 0.4) is 0 Å². The van der Waals surface area contributed by atoms with Crippen LogP contribution < -0.4 is 5.32 Å². The molecule has 1 N–H and O–H groups in total. The van der Waals surface area contributed by atoms with Crippen molar-refractivity contribution in [3.63, 3.8) is 0 Å². The molecule has 2 aliphatic heterocycles. The minimum atomic E-state index is 0.772. The molecule has 2 heterocycles. The molecule has 2 aliphatic rings. The zero-order valence-corrected chi connectivity index (χ0v) is 9.87. The number of likely N-dealkylation sites (tertiary alicyclic amines) is 1. The third-order valence-electron chi connectivity index (χ3n) is 3.71. The molecule has 2 unspecified atom stereocenters. The standard InChI is InChI=1S/C12H24N2O/c1-2-14-5-3-11(9-14)7-13-8-12-4-6-15-10-12/h11-13H,2-10H2,1H3. The minimum Gasteiger partial charge on any atom is -0.381 e. The Kier molecular flexibility index (Phi) is 4.42. The summed E-state index contributed by atoms with van der Waals surface area (Å²) in [5.74, 6) is 1.65. The van der Waals surface area contributed by atoms with Crippen LogP contribution in [-0.2, 0) is 4.74 Å². The Morgan fingerprint density at radius 1 is 1.27 bits per heavy atom. The fraction of sp³-hybridized carbons (Fsp3) is 1.00. The van der Waals surface area contributed by atoms with Crippen LogP contribution in [0.25, 0.3) is 0 Å². The van der Waals surface area contributed by atoms with Crippen molar-refractivity contribution in [2.24, 2.45) is 11.8 Å². The molecule has 2 rings (SSSR count). The molecule has 0 aliphatic carbocycles. The average Bonchev–Trinajstić information content (AvgIpc) is 2.88. The van der Waals surface area contributed by atoms with E-state index in [4.69, 9.17) is 4.74 Å². The summed E-state index contributed by atoms with van der Waals surface area (Å²) in [6, 6.07) is 0. The summed E-state index contributed by atoms with van der Waals surface area (Å²) < 4.78 is 5.37. The smallest absolute Gasteiger partial charge is 0.0507 e. The van der Waals surface area contributed by atoms with Crippen LogP contribution in [0.2, 0.25) is 0 Å². The minimum absolute atomic E-state index is 0.772. The summed E-state index contributed by atoms with van der Waals surface area (Å²) in [6.45, 7) is 10.4. The molecule has 2 atom stereocenters. The highest BCUT2D eigenvalue weighted by molar-refractivity contribution is 4.77. The van der Waals surface area contributed by atoms with Crippen molar-refractivity contribution in [1.82, 2.24) is 10.2 Å². The molecule has 0 amide bonds. The lowest BCUT2D eigenvalue weighted by Gasteiger charge is -2.15. The molecular formula is C12H24N2O. The van der Waals surface area contributed by atoms with Gasteiger partial charge < -0.3 is 15.0 Å². The molecule has 3 heteroatoms. The number of nitrogens with zero attached hydrogens (tertiary/aromatic N) is 1. The normalized spacial score (nSPS) is 32.6. The largest absolute Gasteiger partial charge is 0.381 e. The van der Waals surface area contributed by atoms with Crippen LogP contribution in [0, 0.1) is 11.8 Å². The summed E-state index contributed by atoms with van der Waals surface area (Å²) in [7, 11) is 0. The van der Waals surface area contributed by atoms with Gasteiger partial charge in [-0.1, -0.05) is 6.92 Å². The van der Waals surface area contributed by atoms with Crippen molar-refractivity contribution in [3.8, 4) is 0 Å². The van der Waals surface area contributed by atoms with Gasteiger partial charge in [0, 0.05) is 19.7 Å². The third-order valence-corrected chi connectivity index (χ3v) is 3.71. The quantitative estimate of drug-likeness (QED) is 0.734. The topological polar surface area (TPSA) is 24.5 Å². The van der Waals surface area contributed by atoms with Crippen LogP contribution in [0.4, 0.5) is 0 Å². The maximum absolute atomic E-state index is 5.37. The fourth-order valence-corrected chi connectivity index (χ4v) is 2.60. The maximum atomic E-state index is 5.37. The number of hydrogen-bond donors (Lipinski definition) is 1. The lowest BCUT2D eigenvalue weighted by molar-refractivity contribution is 0.185. The summed E-state index contributed by atoms with van der Waals surface area (Å²) in [4.78, 5) is 2.55. The summed E-state index contributed by atoms with van der Waals surface area (Å²) in [5.41, 5.74) is 0. The molecule has 2 saturated heterocycles. The molecule has 3 nitrogen and oxygen atoms in total. The zero-order chi connectivity index (χ0) is 10.5. The lowest BCUT2D eigenvalue weighted by Crippen LogP contribution is -2.30. The van der Waals surface area contributed by atoms with E-state index in [9.17, 15) is 0 Å². The van der Waals surface area contributed by atoms with Gasteiger partial charge in [0.2, 0.25) is 0 Å². The van der Waals surface area contributed by atoms with Crippen molar-refractivity contribution in [1.29, 1.82) is 0 Å². The van der Waals surface area contributed by atoms with Crippen LogP contribution >= 0.6 is 0 Å². The van der Waals surface area contributed by atoms with Crippen molar-refractivity contribution >= 4 is 0 Å². The van der Waals surface area contributed by atoms with E-state index in [2.05, 4.69) is 17.1 Å². The van der Waals surface area contributed by atoms with Crippen LogP contribution in [0.1, 0.15) is 19.8 Å². The van der Waals surface area contributed by atoms with E-state index in [1.54, 1.807) is 0 Å². The van der Waals surface area contributed by atoms with Crippen molar-refractivity contribution in [2.45, 2.75) is 19.8 Å². The van der Waals surface area contributed by atoms with Crippen LogP contribution in [0.15, 0.2) is 0 Å². The first-order valence-electron chi connectivity index (χ1n) is 6.39. The molecule has 0 spiro atoms. The highest BCUT2D eigenvalue weighted by atomic mass is 16.5. The van der Waals surface area contributed by atoms with E-state index in [-0.39, 0.29) is 0 Å². The maximum Gasteiger partial charge on any atom is 0.0507 e. The van der Waals surface area contributed by atoms with E-state index >= 15 is 0 Å². The van der Waals surface area contributed by atoms with E-state index in [1.807, 2.05) is 0 Å². The van der Waals surface area contributed by atoms with Crippen LogP contribution in [0.5, 0.6) is 0 Å². The molecule has 0 bridgehead atoms. The number of hydrogen-bond acceptors (Lipinski definition) is 3. The van der Waals surface area contributed by atoms with Gasteiger partial charge in [-0.05, 0) is 44.3 Å². The summed E-state index contributed by atoms with van der Waals surface area (Å²) >= 11 is 0. The highest BCUT2D eigenvalue weighted by Crippen LogP contribution is 2.15. The molecule has 0 saturated carbocycles. The first-order chi connectivity index (χ1) is 7.38. The Hall–Kier alpha value is -0.120. The van der Waals surface area contributed by atoms with Gasteiger partial charge in [-0.3, -0.25) is 0 Å². The SMILES string of the molecule is CCN1CCC(CNCC2CCOC2)C1. The van der Waals surface area contributed by atoms with Gasteiger partial charge in [-0.25, -0.2) is 0 Å². The molecule has 15 heavy (non-hydrogen) atoms. The van der Waals surface area contributed by atoms with Gasteiger partial charge in [0.1, 0.15) is 0 Å². The third kappa shape index (κ3) is 3.44. The molecule has 0 radical (unpaired) electrons. The number of rotatable bonds is 5. The molecule has 0 aromatic rings. The second kappa shape index (κ2) is 5.83. The van der Waals surface area contributed by atoms with Gasteiger partial charge in [-0.15, -0.1) is 0 Å². The Morgan fingerprint density at radius 2 is 2.13 bits per heavy atom. The van der Waals surface area contributed by atoms with Gasteiger partial charge in [-0.2, -0.15) is 0 Å². The molecule has 0 aromatic heterocycles. The Labute approximate surface area is 93.2 Å². The van der Waals surface area contributed by atoms with Gasteiger partial charge in [0.25, 0.3) is 0 Å². The number of ether oxygens (including phenoxy) is 1.